The van der Waals surface area contributed by atoms with Crippen molar-refractivity contribution in [1.82, 2.24) is 15.1 Å². The van der Waals surface area contributed by atoms with Gasteiger partial charge >= 0.3 is 12.4 Å². The van der Waals surface area contributed by atoms with Gasteiger partial charge in [0, 0.05) is 19.2 Å². The average Bonchev–Trinajstić information content (AvgIpc) is 3.05. The molecule has 1 fully saturated rings. The minimum absolute atomic E-state index is 0.195. The van der Waals surface area contributed by atoms with Crippen LogP contribution in [0.3, 0.4) is 0 Å². The second-order valence-electron chi connectivity index (χ2n) is 8.51. The van der Waals surface area contributed by atoms with Crippen molar-refractivity contribution in [3.63, 3.8) is 0 Å². The van der Waals surface area contributed by atoms with Crippen LogP contribution in [-0.2, 0) is 29.2 Å². The topological polar surface area (TPSA) is 81.1 Å². The van der Waals surface area contributed by atoms with Gasteiger partial charge in [-0.2, -0.15) is 31.4 Å². The van der Waals surface area contributed by atoms with E-state index in [9.17, 15) is 39.6 Å². The van der Waals surface area contributed by atoms with Gasteiger partial charge in [-0.1, -0.05) is 6.07 Å². The quantitative estimate of drug-likeness (QED) is 0.628. The van der Waals surface area contributed by atoms with Crippen LogP contribution in [0.1, 0.15) is 48.4 Å². The molecule has 0 bridgehead atoms. The highest BCUT2D eigenvalue weighted by atomic mass is 32.2. The Morgan fingerprint density at radius 2 is 1.67 bits per heavy atom. The number of nitrogens with zero attached hydrogens (tertiary/aromatic N) is 2. The van der Waals surface area contributed by atoms with Gasteiger partial charge in [0.15, 0.2) is 15.5 Å². The Bertz CT molecular complexity index is 1160. The standard InChI is InChI=1S/C20H21F6N3O3S/c1-18(2,33(31,32)14-6-4-5-11(9-14)19(21,22)23)12-7-13(8-12)27-17(30)15-10-16(20(24,25)26)28-29(15)3/h4-6,9-10,12-13H,7-8H2,1-3H3,(H,27,30). The van der Waals surface area contributed by atoms with Crippen molar-refractivity contribution >= 4 is 15.7 Å². The van der Waals surface area contributed by atoms with Crippen LogP contribution in [0.5, 0.6) is 0 Å². The molecule has 0 atom stereocenters. The van der Waals surface area contributed by atoms with Crippen molar-refractivity contribution in [2.24, 2.45) is 13.0 Å². The number of sulfone groups is 1. The first kappa shape index (κ1) is 25.1. The molecule has 1 aliphatic rings. The summed E-state index contributed by atoms with van der Waals surface area (Å²) in [5.74, 6) is -1.28. The fourth-order valence-corrected chi connectivity index (χ4v) is 5.52. The third-order valence-electron chi connectivity index (χ3n) is 6.02. The van der Waals surface area contributed by atoms with Gasteiger partial charge in [-0.25, -0.2) is 8.42 Å². The summed E-state index contributed by atoms with van der Waals surface area (Å²) in [6.07, 6.45) is -9.01. The summed E-state index contributed by atoms with van der Waals surface area (Å²) in [4.78, 5) is 11.9. The number of halogens is 6. The Morgan fingerprint density at radius 1 is 1.06 bits per heavy atom. The maximum absolute atomic E-state index is 13.1. The van der Waals surface area contributed by atoms with E-state index in [0.717, 1.165) is 22.9 Å². The van der Waals surface area contributed by atoms with E-state index >= 15 is 0 Å². The van der Waals surface area contributed by atoms with E-state index in [2.05, 4.69) is 10.4 Å². The Hall–Kier alpha value is -2.57. The lowest BCUT2D eigenvalue weighted by Gasteiger charge is -2.44. The number of hydrogen-bond acceptors (Lipinski definition) is 4. The van der Waals surface area contributed by atoms with Crippen LogP contribution in [0.25, 0.3) is 0 Å². The first-order valence-electron chi connectivity index (χ1n) is 9.78. The molecule has 1 aromatic carbocycles. The smallest absolute Gasteiger partial charge is 0.348 e. The molecule has 3 rings (SSSR count). The van der Waals surface area contributed by atoms with Gasteiger partial charge in [-0.15, -0.1) is 0 Å². The molecular formula is C20H21F6N3O3S. The van der Waals surface area contributed by atoms with E-state index in [1.54, 1.807) is 0 Å². The zero-order chi connectivity index (χ0) is 25.0. The van der Waals surface area contributed by atoms with E-state index in [4.69, 9.17) is 0 Å². The third kappa shape index (κ3) is 4.73. The summed E-state index contributed by atoms with van der Waals surface area (Å²) in [5, 5.41) is 5.82. The minimum Gasteiger partial charge on any atom is -0.348 e. The number of carbonyl (C=O) groups is 1. The van der Waals surface area contributed by atoms with Crippen LogP contribution in [-0.4, -0.2) is 34.9 Å². The largest absolute Gasteiger partial charge is 0.435 e. The Kier molecular flexibility index (Phi) is 6.10. The van der Waals surface area contributed by atoms with Gasteiger partial charge in [0.1, 0.15) is 5.69 Å². The zero-order valence-electron chi connectivity index (χ0n) is 17.8. The number of benzene rings is 1. The number of alkyl halides is 6. The van der Waals surface area contributed by atoms with Crippen LogP contribution in [0.15, 0.2) is 35.2 Å². The number of aromatic nitrogens is 2. The Labute approximate surface area is 185 Å². The number of amides is 1. The van der Waals surface area contributed by atoms with Crippen molar-refractivity contribution in [3.8, 4) is 0 Å². The van der Waals surface area contributed by atoms with Crippen LogP contribution >= 0.6 is 0 Å². The van der Waals surface area contributed by atoms with E-state index in [-0.39, 0.29) is 18.5 Å². The highest BCUT2D eigenvalue weighted by Gasteiger charge is 2.49. The molecular weight excluding hydrogens is 476 g/mol. The molecule has 1 aliphatic carbocycles. The summed E-state index contributed by atoms with van der Waals surface area (Å²) >= 11 is 0. The molecule has 1 heterocycles. The monoisotopic (exact) mass is 497 g/mol. The van der Waals surface area contributed by atoms with Crippen molar-refractivity contribution < 1.29 is 39.6 Å². The van der Waals surface area contributed by atoms with Gasteiger partial charge in [-0.3, -0.25) is 9.48 Å². The molecule has 0 radical (unpaired) electrons. The van der Waals surface area contributed by atoms with Gasteiger partial charge in [0.05, 0.1) is 15.2 Å². The van der Waals surface area contributed by atoms with Crippen molar-refractivity contribution in [1.29, 1.82) is 0 Å². The first-order valence-corrected chi connectivity index (χ1v) is 11.3. The van der Waals surface area contributed by atoms with E-state index in [1.807, 2.05) is 0 Å². The lowest BCUT2D eigenvalue weighted by atomic mass is 9.73. The van der Waals surface area contributed by atoms with Crippen LogP contribution in [0.4, 0.5) is 26.3 Å². The predicted octanol–water partition coefficient (Wildman–Crippen LogP) is 4.22. The van der Waals surface area contributed by atoms with Gasteiger partial charge < -0.3 is 5.32 Å². The molecule has 0 unspecified atom stereocenters. The normalized spacial score (nSPS) is 19.8. The molecule has 2 aromatic rings. The minimum atomic E-state index is -4.71. The highest BCUT2D eigenvalue weighted by Crippen LogP contribution is 2.44. The molecule has 6 nitrogen and oxygen atoms in total. The van der Waals surface area contributed by atoms with E-state index in [0.29, 0.717) is 12.1 Å². The molecule has 1 aromatic heterocycles. The summed E-state index contributed by atoms with van der Waals surface area (Å²) < 4.78 is 103. The fraction of sp³-hybridized carbons (Fsp3) is 0.500. The second kappa shape index (κ2) is 8.03. The van der Waals surface area contributed by atoms with E-state index in [1.165, 1.54) is 20.9 Å². The van der Waals surface area contributed by atoms with Gasteiger partial charge in [0.25, 0.3) is 5.91 Å². The van der Waals surface area contributed by atoms with E-state index < -0.39 is 61.0 Å². The van der Waals surface area contributed by atoms with Crippen molar-refractivity contribution in [2.75, 3.05) is 0 Å². The Balaban J connectivity index is 1.70. The number of nitrogens with one attached hydrogen (secondary N) is 1. The molecule has 0 saturated heterocycles. The highest BCUT2D eigenvalue weighted by molar-refractivity contribution is 7.92. The van der Waals surface area contributed by atoms with Gasteiger partial charge in [0.2, 0.25) is 0 Å². The lowest BCUT2D eigenvalue weighted by molar-refractivity contribution is -0.141. The number of aryl methyl sites for hydroxylation is 1. The fourth-order valence-electron chi connectivity index (χ4n) is 3.74. The number of carbonyl (C=O) groups excluding carboxylic acids is 1. The molecule has 13 heteroatoms. The maximum Gasteiger partial charge on any atom is 0.435 e. The number of hydrogen-bond donors (Lipinski definition) is 1. The molecule has 0 spiro atoms. The third-order valence-corrected chi connectivity index (χ3v) is 8.62. The van der Waals surface area contributed by atoms with Crippen LogP contribution in [0, 0.1) is 5.92 Å². The maximum atomic E-state index is 13.1. The SMILES string of the molecule is Cn1nc(C(F)(F)F)cc1C(=O)NC1CC(C(C)(C)S(=O)(=O)c2cccc(C(F)(F)F)c2)C1. The molecule has 1 amide bonds. The summed E-state index contributed by atoms with van der Waals surface area (Å²) in [6, 6.07) is 3.62. The predicted molar refractivity (Wildman–Crippen MR) is 105 cm³/mol. The van der Waals surface area contributed by atoms with Gasteiger partial charge in [-0.05, 0) is 50.8 Å². The van der Waals surface area contributed by atoms with Crippen molar-refractivity contribution in [3.05, 3.63) is 47.3 Å². The Morgan fingerprint density at radius 3 is 2.18 bits per heavy atom. The second-order valence-corrected chi connectivity index (χ2v) is 11.0. The summed E-state index contributed by atoms with van der Waals surface area (Å²) in [7, 11) is -2.96. The number of rotatable bonds is 5. The molecule has 1 saturated carbocycles. The first-order chi connectivity index (χ1) is 14.9. The molecule has 0 aliphatic heterocycles. The molecule has 182 valence electrons. The van der Waals surface area contributed by atoms with Crippen molar-refractivity contribution in [2.45, 2.75) is 54.7 Å². The molecule has 1 N–H and O–H groups in total. The van der Waals surface area contributed by atoms with Crippen LogP contribution in [0.2, 0.25) is 0 Å². The molecule has 33 heavy (non-hydrogen) atoms. The zero-order valence-corrected chi connectivity index (χ0v) is 18.6. The summed E-state index contributed by atoms with van der Waals surface area (Å²) in [5.41, 5.74) is -2.59. The summed E-state index contributed by atoms with van der Waals surface area (Å²) in [6.45, 7) is 2.81. The van der Waals surface area contributed by atoms with Crippen LogP contribution < -0.4 is 5.32 Å². The average molecular weight is 497 g/mol. The lowest BCUT2D eigenvalue weighted by Crippen LogP contribution is -2.53.